The SMILES string of the molecule is C=C(C)C(Cc1ccc2ccccc2c1)NN. The highest BCUT2D eigenvalue weighted by Crippen LogP contribution is 2.17. The van der Waals surface area contributed by atoms with Crippen molar-refractivity contribution in [1.29, 1.82) is 0 Å². The van der Waals surface area contributed by atoms with Crippen molar-refractivity contribution in [2.75, 3.05) is 0 Å². The largest absolute Gasteiger partial charge is 0.271 e. The molecular formula is C15H18N2. The zero-order chi connectivity index (χ0) is 12.3. The molecule has 2 rings (SSSR count). The first-order valence-corrected chi connectivity index (χ1v) is 5.80. The Balaban J connectivity index is 2.27. The molecular weight excluding hydrogens is 208 g/mol. The van der Waals surface area contributed by atoms with E-state index in [1.54, 1.807) is 0 Å². The predicted molar refractivity (Wildman–Crippen MR) is 73.6 cm³/mol. The van der Waals surface area contributed by atoms with Crippen LogP contribution in [0, 0.1) is 0 Å². The summed E-state index contributed by atoms with van der Waals surface area (Å²) in [6, 6.07) is 15.0. The molecule has 0 spiro atoms. The average Bonchev–Trinajstić information content (AvgIpc) is 2.35. The highest BCUT2D eigenvalue weighted by molar-refractivity contribution is 5.83. The Hall–Kier alpha value is -1.64. The topological polar surface area (TPSA) is 38.0 Å². The Morgan fingerprint density at radius 1 is 1.24 bits per heavy atom. The van der Waals surface area contributed by atoms with Gasteiger partial charge in [-0.15, -0.1) is 0 Å². The van der Waals surface area contributed by atoms with Gasteiger partial charge in [0.05, 0.1) is 0 Å². The van der Waals surface area contributed by atoms with Gasteiger partial charge < -0.3 is 0 Å². The van der Waals surface area contributed by atoms with Crippen LogP contribution in [0.3, 0.4) is 0 Å². The lowest BCUT2D eigenvalue weighted by Crippen LogP contribution is -2.37. The zero-order valence-corrected chi connectivity index (χ0v) is 10.1. The molecule has 1 unspecified atom stereocenters. The molecule has 0 fully saturated rings. The van der Waals surface area contributed by atoms with Crippen molar-refractivity contribution in [3.8, 4) is 0 Å². The fraction of sp³-hybridized carbons (Fsp3) is 0.200. The number of fused-ring (bicyclic) bond motifs is 1. The van der Waals surface area contributed by atoms with E-state index in [-0.39, 0.29) is 6.04 Å². The number of hydrazine groups is 1. The van der Waals surface area contributed by atoms with Crippen molar-refractivity contribution < 1.29 is 0 Å². The van der Waals surface area contributed by atoms with Crippen molar-refractivity contribution in [3.05, 3.63) is 60.2 Å². The third-order valence-corrected chi connectivity index (χ3v) is 3.05. The molecule has 0 aliphatic heterocycles. The molecule has 0 aliphatic rings. The van der Waals surface area contributed by atoms with Crippen LogP contribution in [0.25, 0.3) is 10.8 Å². The maximum Gasteiger partial charge on any atom is 0.0454 e. The molecule has 1 atom stereocenters. The molecule has 88 valence electrons. The Kier molecular flexibility index (Phi) is 3.57. The van der Waals surface area contributed by atoms with Crippen molar-refractivity contribution in [2.24, 2.45) is 5.84 Å². The standard InChI is InChI=1S/C15H18N2/c1-11(2)15(17-16)10-12-7-8-13-5-3-4-6-14(13)9-12/h3-9,15,17H,1,10,16H2,2H3. The predicted octanol–water partition coefficient (Wildman–Crippen LogP) is 2.79. The Morgan fingerprint density at radius 2 is 1.94 bits per heavy atom. The second-order valence-corrected chi connectivity index (χ2v) is 4.45. The van der Waals surface area contributed by atoms with Gasteiger partial charge >= 0.3 is 0 Å². The van der Waals surface area contributed by atoms with Crippen LogP contribution in [0.5, 0.6) is 0 Å². The minimum Gasteiger partial charge on any atom is -0.271 e. The molecule has 0 bridgehead atoms. The zero-order valence-electron chi connectivity index (χ0n) is 10.1. The first-order valence-electron chi connectivity index (χ1n) is 5.80. The van der Waals surface area contributed by atoms with Crippen molar-refractivity contribution in [2.45, 2.75) is 19.4 Å². The van der Waals surface area contributed by atoms with E-state index in [0.717, 1.165) is 12.0 Å². The summed E-state index contributed by atoms with van der Waals surface area (Å²) < 4.78 is 0. The van der Waals surface area contributed by atoms with E-state index in [1.165, 1.54) is 16.3 Å². The number of hydrogen-bond acceptors (Lipinski definition) is 2. The Bertz CT molecular complexity index is 531. The summed E-state index contributed by atoms with van der Waals surface area (Å²) in [4.78, 5) is 0. The van der Waals surface area contributed by atoms with Gasteiger partial charge in [-0.05, 0) is 29.7 Å². The first-order chi connectivity index (χ1) is 8.20. The van der Waals surface area contributed by atoms with E-state index in [0.29, 0.717) is 0 Å². The average molecular weight is 226 g/mol. The number of rotatable bonds is 4. The molecule has 2 aromatic rings. The number of hydrogen-bond donors (Lipinski definition) is 2. The van der Waals surface area contributed by atoms with Gasteiger partial charge in [-0.2, -0.15) is 0 Å². The van der Waals surface area contributed by atoms with E-state index in [2.05, 4.69) is 54.5 Å². The summed E-state index contributed by atoms with van der Waals surface area (Å²) in [5.74, 6) is 5.52. The van der Waals surface area contributed by atoms with E-state index >= 15 is 0 Å². The lowest BCUT2D eigenvalue weighted by molar-refractivity contribution is 0.591. The van der Waals surface area contributed by atoms with Gasteiger partial charge in [0.1, 0.15) is 0 Å². The Morgan fingerprint density at radius 3 is 2.59 bits per heavy atom. The maximum absolute atomic E-state index is 5.52. The van der Waals surface area contributed by atoms with Crippen LogP contribution in [0.2, 0.25) is 0 Å². The summed E-state index contributed by atoms with van der Waals surface area (Å²) in [5, 5.41) is 2.53. The lowest BCUT2D eigenvalue weighted by Gasteiger charge is -2.16. The normalized spacial score (nSPS) is 12.6. The molecule has 17 heavy (non-hydrogen) atoms. The van der Waals surface area contributed by atoms with Crippen LogP contribution >= 0.6 is 0 Å². The first kappa shape index (κ1) is 11.8. The minimum atomic E-state index is 0.135. The summed E-state index contributed by atoms with van der Waals surface area (Å²) in [5.41, 5.74) is 5.13. The van der Waals surface area contributed by atoms with E-state index in [4.69, 9.17) is 5.84 Å². The van der Waals surface area contributed by atoms with Crippen LogP contribution in [0.1, 0.15) is 12.5 Å². The van der Waals surface area contributed by atoms with Crippen molar-refractivity contribution in [3.63, 3.8) is 0 Å². The van der Waals surface area contributed by atoms with Crippen molar-refractivity contribution in [1.82, 2.24) is 5.43 Å². The van der Waals surface area contributed by atoms with Gasteiger partial charge in [-0.1, -0.05) is 54.6 Å². The second kappa shape index (κ2) is 5.13. The quantitative estimate of drug-likeness (QED) is 0.478. The monoisotopic (exact) mass is 226 g/mol. The van der Waals surface area contributed by atoms with Crippen LogP contribution < -0.4 is 11.3 Å². The lowest BCUT2D eigenvalue weighted by atomic mass is 9.99. The molecule has 0 saturated heterocycles. The smallest absolute Gasteiger partial charge is 0.0454 e. The second-order valence-electron chi connectivity index (χ2n) is 4.45. The molecule has 0 heterocycles. The fourth-order valence-electron chi connectivity index (χ4n) is 1.98. The molecule has 0 radical (unpaired) electrons. The Labute approximate surface area is 102 Å². The van der Waals surface area contributed by atoms with E-state index in [9.17, 15) is 0 Å². The molecule has 3 N–H and O–H groups in total. The van der Waals surface area contributed by atoms with Crippen molar-refractivity contribution >= 4 is 10.8 Å². The van der Waals surface area contributed by atoms with Crippen LogP contribution in [-0.2, 0) is 6.42 Å². The molecule has 0 aromatic heterocycles. The number of nitrogens with one attached hydrogen (secondary N) is 1. The number of benzene rings is 2. The third-order valence-electron chi connectivity index (χ3n) is 3.05. The molecule has 0 amide bonds. The van der Waals surface area contributed by atoms with Gasteiger partial charge in [0, 0.05) is 6.04 Å². The molecule has 2 nitrogen and oxygen atoms in total. The fourth-order valence-corrected chi connectivity index (χ4v) is 1.98. The van der Waals surface area contributed by atoms with Crippen LogP contribution in [0.4, 0.5) is 0 Å². The summed E-state index contributed by atoms with van der Waals surface area (Å²) in [6.07, 6.45) is 0.872. The van der Waals surface area contributed by atoms with Crippen LogP contribution in [0.15, 0.2) is 54.6 Å². The van der Waals surface area contributed by atoms with Gasteiger partial charge in [-0.3, -0.25) is 11.3 Å². The van der Waals surface area contributed by atoms with Gasteiger partial charge in [0.2, 0.25) is 0 Å². The molecule has 0 saturated carbocycles. The maximum atomic E-state index is 5.52. The van der Waals surface area contributed by atoms with Gasteiger partial charge in [0.25, 0.3) is 0 Å². The minimum absolute atomic E-state index is 0.135. The highest BCUT2D eigenvalue weighted by Gasteiger charge is 2.08. The molecule has 2 heteroatoms. The van der Waals surface area contributed by atoms with Gasteiger partial charge in [0.15, 0.2) is 0 Å². The van der Waals surface area contributed by atoms with E-state index in [1.807, 2.05) is 6.92 Å². The summed E-state index contributed by atoms with van der Waals surface area (Å²) >= 11 is 0. The number of nitrogens with two attached hydrogens (primary N) is 1. The molecule has 0 aliphatic carbocycles. The summed E-state index contributed by atoms with van der Waals surface area (Å²) in [7, 11) is 0. The van der Waals surface area contributed by atoms with Gasteiger partial charge in [-0.25, -0.2) is 0 Å². The third kappa shape index (κ3) is 2.73. The van der Waals surface area contributed by atoms with E-state index < -0.39 is 0 Å². The summed E-state index contributed by atoms with van der Waals surface area (Å²) in [6.45, 7) is 5.93. The molecule has 2 aromatic carbocycles. The highest BCUT2D eigenvalue weighted by atomic mass is 15.2. The van der Waals surface area contributed by atoms with Crippen LogP contribution in [-0.4, -0.2) is 6.04 Å².